The van der Waals surface area contributed by atoms with E-state index in [-0.39, 0.29) is 23.9 Å². The summed E-state index contributed by atoms with van der Waals surface area (Å²) >= 11 is 6.16. The SMILES string of the molecule is Cl.O=C(CCC1CCNC1)Nc1ccc(=O)n(Cc2ccccc2Cl)c1. The molecule has 1 aliphatic heterocycles. The number of nitrogens with zero attached hydrogens (tertiary/aromatic N) is 1. The molecule has 1 fully saturated rings. The van der Waals surface area contributed by atoms with Crippen molar-refractivity contribution in [3.63, 3.8) is 0 Å². The van der Waals surface area contributed by atoms with Gasteiger partial charge in [-0.1, -0.05) is 29.8 Å². The number of benzene rings is 1. The van der Waals surface area contributed by atoms with E-state index in [1.54, 1.807) is 22.9 Å². The summed E-state index contributed by atoms with van der Waals surface area (Å²) in [7, 11) is 0. The number of amides is 1. The number of nitrogens with one attached hydrogen (secondary N) is 2. The quantitative estimate of drug-likeness (QED) is 0.788. The molecule has 1 aromatic carbocycles. The van der Waals surface area contributed by atoms with E-state index >= 15 is 0 Å². The summed E-state index contributed by atoms with van der Waals surface area (Å²) in [5.41, 5.74) is 1.36. The zero-order chi connectivity index (χ0) is 17.6. The number of hydrogen-bond donors (Lipinski definition) is 2. The van der Waals surface area contributed by atoms with E-state index in [1.165, 1.54) is 6.07 Å². The van der Waals surface area contributed by atoms with Crippen LogP contribution in [0.4, 0.5) is 5.69 Å². The van der Waals surface area contributed by atoms with Gasteiger partial charge in [0.2, 0.25) is 5.91 Å². The van der Waals surface area contributed by atoms with Gasteiger partial charge in [0.25, 0.3) is 5.56 Å². The fourth-order valence-electron chi connectivity index (χ4n) is 3.06. The summed E-state index contributed by atoms with van der Waals surface area (Å²) in [6.07, 6.45) is 4.19. The van der Waals surface area contributed by atoms with Gasteiger partial charge >= 0.3 is 0 Å². The first-order valence-electron chi connectivity index (χ1n) is 8.56. The maximum Gasteiger partial charge on any atom is 0.250 e. The second kappa shape index (κ2) is 9.76. The predicted molar refractivity (Wildman–Crippen MR) is 107 cm³/mol. The van der Waals surface area contributed by atoms with Crippen molar-refractivity contribution in [2.45, 2.75) is 25.8 Å². The topological polar surface area (TPSA) is 63.1 Å². The fourth-order valence-corrected chi connectivity index (χ4v) is 3.25. The Hall–Kier alpha value is -1.82. The predicted octanol–water partition coefficient (Wildman–Crippen LogP) is 3.30. The van der Waals surface area contributed by atoms with E-state index in [4.69, 9.17) is 11.6 Å². The Morgan fingerprint density at radius 1 is 1.27 bits per heavy atom. The third-order valence-corrected chi connectivity index (χ3v) is 4.88. The summed E-state index contributed by atoms with van der Waals surface area (Å²) in [5.74, 6) is 0.565. The number of anilines is 1. The Morgan fingerprint density at radius 3 is 2.81 bits per heavy atom. The molecule has 5 nitrogen and oxygen atoms in total. The highest BCUT2D eigenvalue weighted by Crippen LogP contribution is 2.17. The number of rotatable bonds is 6. The normalized spacial score (nSPS) is 16.1. The lowest BCUT2D eigenvalue weighted by Gasteiger charge is -2.11. The van der Waals surface area contributed by atoms with E-state index in [0.717, 1.165) is 31.5 Å². The van der Waals surface area contributed by atoms with E-state index < -0.39 is 0 Å². The lowest BCUT2D eigenvalue weighted by atomic mass is 10.0. The van der Waals surface area contributed by atoms with Crippen molar-refractivity contribution in [2.75, 3.05) is 18.4 Å². The first-order chi connectivity index (χ1) is 12.1. The van der Waals surface area contributed by atoms with E-state index in [0.29, 0.717) is 29.6 Å². The van der Waals surface area contributed by atoms with Gasteiger partial charge in [-0.2, -0.15) is 0 Å². The first-order valence-corrected chi connectivity index (χ1v) is 8.94. The molecule has 2 aromatic rings. The van der Waals surface area contributed by atoms with Gasteiger partial charge < -0.3 is 15.2 Å². The van der Waals surface area contributed by atoms with E-state index in [9.17, 15) is 9.59 Å². The second-order valence-corrected chi connectivity index (χ2v) is 6.83. The van der Waals surface area contributed by atoms with Crippen LogP contribution in [0.25, 0.3) is 0 Å². The van der Waals surface area contributed by atoms with Crippen LogP contribution in [-0.2, 0) is 11.3 Å². The molecule has 7 heteroatoms. The largest absolute Gasteiger partial charge is 0.325 e. The van der Waals surface area contributed by atoms with Crippen molar-refractivity contribution in [2.24, 2.45) is 5.92 Å². The summed E-state index contributed by atoms with van der Waals surface area (Å²) in [6.45, 7) is 2.41. The molecular weight excluding hydrogens is 373 g/mol. The van der Waals surface area contributed by atoms with Crippen LogP contribution in [0, 0.1) is 5.92 Å². The fraction of sp³-hybridized carbons (Fsp3) is 0.368. The minimum absolute atomic E-state index is 0. The average molecular weight is 396 g/mol. The molecular formula is C19H23Cl2N3O2. The second-order valence-electron chi connectivity index (χ2n) is 6.42. The highest BCUT2D eigenvalue weighted by molar-refractivity contribution is 6.31. The summed E-state index contributed by atoms with van der Waals surface area (Å²) in [5, 5.41) is 6.81. The third-order valence-electron chi connectivity index (χ3n) is 4.51. The van der Waals surface area contributed by atoms with Gasteiger partial charge in [-0.3, -0.25) is 9.59 Å². The number of carbonyl (C=O) groups is 1. The van der Waals surface area contributed by atoms with Crippen LogP contribution in [0.1, 0.15) is 24.8 Å². The molecule has 1 amide bonds. The molecule has 1 aliphatic rings. The van der Waals surface area contributed by atoms with Crippen molar-refractivity contribution in [3.8, 4) is 0 Å². The molecule has 140 valence electrons. The van der Waals surface area contributed by atoms with Gasteiger partial charge in [-0.25, -0.2) is 0 Å². The average Bonchev–Trinajstić information content (AvgIpc) is 3.11. The molecule has 2 heterocycles. The molecule has 3 rings (SSSR count). The zero-order valence-corrected chi connectivity index (χ0v) is 16.0. The Morgan fingerprint density at radius 2 is 2.08 bits per heavy atom. The highest BCUT2D eigenvalue weighted by atomic mass is 35.5. The van der Waals surface area contributed by atoms with Gasteiger partial charge in [0, 0.05) is 23.7 Å². The molecule has 1 atom stereocenters. The summed E-state index contributed by atoms with van der Waals surface area (Å²) < 4.78 is 1.55. The van der Waals surface area contributed by atoms with Crippen molar-refractivity contribution in [1.82, 2.24) is 9.88 Å². The third kappa shape index (κ3) is 5.59. The molecule has 1 aromatic heterocycles. The van der Waals surface area contributed by atoms with Gasteiger partial charge in [0.05, 0.1) is 12.2 Å². The van der Waals surface area contributed by atoms with Crippen LogP contribution >= 0.6 is 24.0 Å². The summed E-state index contributed by atoms with van der Waals surface area (Å²) in [6, 6.07) is 10.5. The molecule has 1 saturated heterocycles. The number of pyridine rings is 1. The summed E-state index contributed by atoms with van der Waals surface area (Å²) in [4.78, 5) is 24.2. The van der Waals surface area contributed by atoms with Gasteiger partial charge in [-0.05, 0) is 49.5 Å². The minimum atomic E-state index is -0.130. The Labute approximate surface area is 164 Å². The van der Waals surface area contributed by atoms with Crippen molar-refractivity contribution in [3.05, 3.63) is 63.5 Å². The lowest BCUT2D eigenvalue weighted by molar-refractivity contribution is -0.116. The maximum atomic E-state index is 12.1. The Bertz CT molecular complexity index is 801. The molecule has 26 heavy (non-hydrogen) atoms. The van der Waals surface area contributed by atoms with Gasteiger partial charge in [0.1, 0.15) is 0 Å². The van der Waals surface area contributed by atoms with Crippen molar-refractivity contribution >= 4 is 35.6 Å². The van der Waals surface area contributed by atoms with Crippen LogP contribution in [-0.4, -0.2) is 23.6 Å². The molecule has 0 aliphatic carbocycles. The van der Waals surface area contributed by atoms with Crippen molar-refractivity contribution < 1.29 is 4.79 Å². The molecule has 0 bridgehead atoms. The number of aromatic nitrogens is 1. The number of carbonyl (C=O) groups excluding carboxylic acids is 1. The molecule has 0 spiro atoms. The smallest absolute Gasteiger partial charge is 0.250 e. The van der Waals surface area contributed by atoms with E-state index in [2.05, 4.69) is 10.6 Å². The molecule has 2 N–H and O–H groups in total. The van der Waals surface area contributed by atoms with Gasteiger partial charge in [0.15, 0.2) is 0 Å². The first kappa shape index (κ1) is 20.5. The van der Waals surface area contributed by atoms with Gasteiger partial charge in [-0.15, -0.1) is 12.4 Å². The van der Waals surface area contributed by atoms with Crippen LogP contribution in [0.2, 0.25) is 5.02 Å². The number of halogens is 2. The van der Waals surface area contributed by atoms with Crippen molar-refractivity contribution in [1.29, 1.82) is 0 Å². The monoisotopic (exact) mass is 395 g/mol. The molecule has 0 saturated carbocycles. The molecule has 1 unspecified atom stereocenters. The number of hydrogen-bond acceptors (Lipinski definition) is 3. The van der Waals surface area contributed by atoms with Crippen LogP contribution < -0.4 is 16.2 Å². The Balaban J connectivity index is 0.00000243. The lowest BCUT2D eigenvalue weighted by Crippen LogP contribution is -2.21. The Kier molecular flexibility index (Phi) is 7.69. The van der Waals surface area contributed by atoms with Crippen LogP contribution in [0.15, 0.2) is 47.4 Å². The highest BCUT2D eigenvalue weighted by Gasteiger charge is 2.15. The minimum Gasteiger partial charge on any atom is -0.325 e. The van der Waals surface area contributed by atoms with Crippen LogP contribution in [0.3, 0.4) is 0 Å². The van der Waals surface area contributed by atoms with E-state index in [1.807, 2.05) is 18.2 Å². The zero-order valence-electron chi connectivity index (χ0n) is 14.4. The maximum absolute atomic E-state index is 12.1. The van der Waals surface area contributed by atoms with Crippen LogP contribution in [0.5, 0.6) is 0 Å². The standard InChI is InChI=1S/C19H22ClN3O2.ClH/c20-17-4-2-1-3-15(17)12-23-13-16(6-8-19(23)25)22-18(24)7-5-14-9-10-21-11-14;/h1-4,6,8,13-14,21H,5,7,9-12H2,(H,22,24);1H. The molecule has 0 radical (unpaired) electrons.